The smallest absolute Gasteiger partial charge is 0.223 e. The molecule has 1 aromatic heterocycles. The minimum Gasteiger partial charge on any atom is -0.351 e. The molecule has 1 heterocycles. The van der Waals surface area contributed by atoms with Gasteiger partial charge in [-0.25, -0.2) is 9.97 Å². The van der Waals surface area contributed by atoms with E-state index in [0.717, 1.165) is 16.9 Å². The topological polar surface area (TPSA) is 37.8 Å². The highest BCUT2D eigenvalue weighted by molar-refractivity contribution is 7.98. The molecule has 1 fully saturated rings. The van der Waals surface area contributed by atoms with Gasteiger partial charge in [-0.3, -0.25) is 0 Å². The van der Waals surface area contributed by atoms with Crippen molar-refractivity contribution >= 4 is 17.7 Å². The molecule has 14 heavy (non-hydrogen) atoms. The highest BCUT2D eigenvalue weighted by atomic mass is 32.2. The maximum Gasteiger partial charge on any atom is 0.223 e. The van der Waals surface area contributed by atoms with E-state index in [1.165, 1.54) is 12.8 Å². The van der Waals surface area contributed by atoms with E-state index in [0.29, 0.717) is 6.04 Å². The highest BCUT2D eigenvalue weighted by Crippen LogP contribution is 2.28. The Morgan fingerprint density at radius 3 is 2.93 bits per heavy atom. The van der Waals surface area contributed by atoms with Crippen molar-refractivity contribution in [2.75, 3.05) is 11.6 Å². The molecule has 1 aromatic rings. The van der Waals surface area contributed by atoms with E-state index >= 15 is 0 Å². The van der Waals surface area contributed by atoms with Gasteiger partial charge in [0, 0.05) is 12.2 Å². The van der Waals surface area contributed by atoms with Crippen LogP contribution >= 0.6 is 11.8 Å². The molecule has 1 aliphatic carbocycles. The number of hydrogen-bond donors (Lipinski definition) is 1. The molecule has 0 aliphatic heterocycles. The van der Waals surface area contributed by atoms with Crippen molar-refractivity contribution in [2.24, 2.45) is 5.92 Å². The van der Waals surface area contributed by atoms with Gasteiger partial charge in [0.25, 0.3) is 0 Å². The Labute approximate surface area is 88.7 Å². The first kappa shape index (κ1) is 9.77. The molecule has 1 N–H and O–H groups in total. The van der Waals surface area contributed by atoms with Gasteiger partial charge in [-0.1, -0.05) is 6.92 Å². The number of nitrogens with zero attached hydrogens (tertiary/aromatic N) is 2. The predicted octanol–water partition coefficient (Wildman–Crippen LogP) is 2.41. The van der Waals surface area contributed by atoms with Gasteiger partial charge in [0.2, 0.25) is 5.95 Å². The largest absolute Gasteiger partial charge is 0.351 e. The molecule has 0 unspecified atom stereocenters. The summed E-state index contributed by atoms with van der Waals surface area (Å²) in [6.45, 7) is 2.28. The molecular weight excluding hydrogens is 194 g/mol. The second kappa shape index (κ2) is 4.17. The Kier molecular flexibility index (Phi) is 2.91. The summed E-state index contributed by atoms with van der Waals surface area (Å²) in [6.07, 6.45) is 6.32. The molecule has 0 radical (unpaired) electrons. The van der Waals surface area contributed by atoms with E-state index in [-0.39, 0.29) is 0 Å². The quantitative estimate of drug-likeness (QED) is 0.613. The predicted molar refractivity (Wildman–Crippen MR) is 59.6 cm³/mol. The van der Waals surface area contributed by atoms with Crippen LogP contribution in [-0.4, -0.2) is 22.3 Å². The summed E-state index contributed by atoms with van der Waals surface area (Å²) < 4.78 is 0. The van der Waals surface area contributed by atoms with Crippen molar-refractivity contribution in [3.05, 3.63) is 12.3 Å². The van der Waals surface area contributed by atoms with Crippen LogP contribution in [0.5, 0.6) is 0 Å². The lowest BCUT2D eigenvalue weighted by molar-refractivity contribution is 0.308. The van der Waals surface area contributed by atoms with Crippen LogP contribution in [0.15, 0.2) is 17.3 Å². The number of anilines is 1. The zero-order valence-electron chi connectivity index (χ0n) is 8.53. The summed E-state index contributed by atoms with van der Waals surface area (Å²) in [5, 5.41) is 4.37. The minimum atomic E-state index is 0.585. The van der Waals surface area contributed by atoms with Crippen LogP contribution in [0, 0.1) is 5.92 Å². The zero-order chi connectivity index (χ0) is 9.97. The second-order valence-corrected chi connectivity index (χ2v) is 4.67. The lowest BCUT2D eigenvalue weighted by Crippen LogP contribution is -2.34. The fourth-order valence-corrected chi connectivity index (χ4v) is 2.10. The summed E-state index contributed by atoms with van der Waals surface area (Å²) in [7, 11) is 0. The summed E-state index contributed by atoms with van der Waals surface area (Å²) in [5.41, 5.74) is 0. The van der Waals surface area contributed by atoms with E-state index in [2.05, 4.69) is 22.2 Å². The van der Waals surface area contributed by atoms with Crippen molar-refractivity contribution in [1.82, 2.24) is 9.97 Å². The lowest BCUT2D eigenvalue weighted by Gasteiger charge is -2.33. The van der Waals surface area contributed by atoms with Crippen LogP contribution in [0.4, 0.5) is 5.95 Å². The van der Waals surface area contributed by atoms with Gasteiger partial charge in [-0.2, -0.15) is 0 Å². The molecule has 0 aromatic carbocycles. The number of rotatable bonds is 3. The van der Waals surface area contributed by atoms with Crippen molar-refractivity contribution in [1.29, 1.82) is 0 Å². The Bertz CT molecular complexity index is 310. The first-order valence-electron chi connectivity index (χ1n) is 4.91. The SMILES string of the molecule is CSc1ccnc(NC2CC(C)C2)n1. The van der Waals surface area contributed by atoms with Gasteiger partial charge in [0.1, 0.15) is 5.03 Å². The molecule has 0 saturated heterocycles. The van der Waals surface area contributed by atoms with Crippen LogP contribution in [0.25, 0.3) is 0 Å². The zero-order valence-corrected chi connectivity index (χ0v) is 9.34. The molecule has 1 saturated carbocycles. The molecule has 1 aliphatic rings. The Hall–Kier alpha value is -0.770. The second-order valence-electron chi connectivity index (χ2n) is 3.84. The van der Waals surface area contributed by atoms with E-state index < -0.39 is 0 Å². The van der Waals surface area contributed by atoms with Crippen molar-refractivity contribution < 1.29 is 0 Å². The number of thioether (sulfide) groups is 1. The molecule has 4 heteroatoms. The molecule has 0 atom stereocenters. The number of aromatic nitrogens is 2. The van der Waals surface area contributed by atoms with Gasteiger partial charge < -0.3 is 5.32 Å². The fraction of sp³-hybridized carbons (Fsp3) is 0.600. The van der Waals surface area contributed by atoms with Crippen LogP contribution in [0.1, 0.15) is 19.8 Å². The standard InChI is InChI=1S/C10H15N3S/c1-7-5-8(6-7)12-10-11-4-3-9(13-10)14-2/h3-4,7-8H,5-6H2,1-2H3,(H,11,12,13). The van der Waals surface area contributed by atoms with E-state index in [1.807, 2.05) is 18.5 Å². The average Bonchev–Trinajstić information content (AvgIpc) is 2.16. The van der Waals surface area contributed by atoms with Crippen molar-refractivity contribution in [3.63, 3.8) is 0 Å². The third kappa shape index (κ3) is 2.18. The molecule has 76 valence electrons. The Balaban J connectivity index is 1.95. The van der Waals surface area contributed by atoms with Crippen LogP contribution in [0.3, 0.4) is 0 Å². The lowest BCUT2D eigenvalue weighted by atomic mass is 9.82. The summed E-state index contributed by atoms with van der Waals surface area (Å²) in [5.74, 6) is 1.63. The summed E-state index contributed by atoms with van der Waals surface area (Å²) >= 11 is 1.65. The van der Waals surface area contributed by atoms with Gasteiger partial charge >= 0.3 is 0 Å². The number of hydrogen-bond acceptors (Lipinski definition) is 4. The van der Waals surface area contributed by atoms with Crippen molar-refractivity contribution in [3.8, 4) is 0 Å². The molecule has 0 spiro atoms. The molecule has 2 rings (SSSR count). The highest BCUT2D eigenvalue weighted by Gasteiger charge is 2.25. The maximum absolute atomic E-state index is 4.38. The average molecular weight is 209 g/mol. The summed E-state index contributed by atoms with van der Waals surface area (Å²) in [6, 6.07) is 2.52. The van der Waals surface area contributed by atoms with Crippen LogP contribution in [0.2, 0.25) is 0 Å². The number of nitrogens with one attached hydrogen (secondary N) is 1. The molecular formula is C10H15N3S. The van der Waals surface area contributed by atoms with Crippen LogP contribution in [-0.2, 0) is 0 Å². The van der Waals surface area contributed by atoms with Crippen molar-refractivity contribution in [2.45, 2.75) is 30.8 Å². The maximum atomic E-state index is 4.38. The Morgan fingerprint density at radius 1 is 1.50 bits per heavy atom. The minimum absolute atomic E-state index is 0.585. The van der Waals surface area contributed by atoms with Gasteiger partial charge in [0.05, 0.1) is 0 Å². The molecule has 3 nitrogen and oxygen atoms in total. The first-order chi connectivity index (χ1) is 6.78. The van der Waals surface area contributed by atoms with E-state index in [9.17, 15) is 0 Å². The van der Waals surface area contributed by atoms with Gasteiger partial charge in [-0.15, -0.1) is 11.8 Å². The fourth-order valence-electron chi connectivity index (χ4n) is 1.73. The van der Waals surface area contributed by atoms with Gasteiger partial charge in [0.15, 0.2) is 0 Å². The summed E-state index contributed by atoms with van der Waals surface area (Å²) in [4.78, 5) is 8.58. The van der Waals surface area contributed by atoms with Crippen LogP contribution < -0.4 is 5.32 Å². The molecule has 0 amide bonds. The van der Waals surface area contributed by atoms with Gasteiger partial charge in [-0.05, 0) is 31.1 Å². The first-order valence-corrected chi connectivity index (χ1v) is 6.14. The third-order valence-electron chi connectivity index (χ3n) is 2.55. The normalized spacial score (nSPS) is 25.6. The third-order valence-corrected chi connectivity index (χ3v) is 3.19. The van der Waals surface area contributed by atoms with E-state index in [1.54, 1.807) is 11.8 Å². The van der Waals surface area contributed by atoms with E-state index in [4.69, 9.17) is 0 Å². The monoisotopic (exact) mass is 209 g/mol. The Morgan fingerprint density at radius 2 is 2.29 bits per heavy atom. The molecule has 0 bridgehead atoms.